The largest absolute Gasteiger partial charge is 0.461 e. The van der Waals surface area contributed by atoms with Crippen LogP contribution in [0.2, 0.25) is 0 Å². The molecular formula is C46H55N9O6. The summed E-state index contributed by atoms with van der Waals surface area (Å²) in [6.45, 7) is 10.0. The number of hydrogen-bond donors (Lipinski definition) is 0. The fourth-order valence-corrected chi connectivity index (χ4v) is 7.87. The normalized spacial score (nSPS) is 20.3. The Hall–Kier alpha value is -6.81. The van der Waals surface area contributed by atoms with Crippen molar-refractivity contribution in [1.82, 2.24) is 14.7 Å². The van der Waals surface area contributed by atoms with Crippen molar-refractivity contribution in [3.8, 4) is 36.4 Å². The van der Waals surface area contributed by atoms with E-state index in [1.54, 1.807) is 57.0 Å². The summed E-state index contributed by atoms with van der Waals surface area (Å²) in [4.78, 5) is 46.4. The molecule has 0 saturated heterocycles. The first-order chi connectivity index (χ1) is 28.4. The fourth-order valence-electron chi connectivity index (χ4n) is 7.87. The monoisotopic (exact) mass is 829 g/mol. The number of nitriles is 6. The number of esters is 3. The highest BCUT2D eigenvalue weighted by atomic mass is 16.6. The van der Waals surface area contributed by atoms with Crippen LogP contribution in [0.1, 0.15) is 80.1 Å². The van der Waals surface area contributed by atoms with Crippen LogP contribution in [-0.2, 0) is 28.6 Å². The van der Waals surface area contributed by atoms with Gasteiger partial charge in [-0.05, 0) is 71.5 Å². The quantitative estimate of drug-likeness (QED) is 0.0926. The molecule has 3 aliphatic rings. The van der Waals surface area contributed by atoms with E-state index in [2.05, 4.69) is 18.2 Å². The molecule has 0 atom stereocenters. The van der Waals surface area contributed by atoms with Crippen LogP contribution in [0.4, 0.5) is 0 Å². The van der Waals surface area contributed by atoms with Crippen LogP contribution < -0.4 is 0 Å². The first-order valence-electron chi connectivity index (χ1n) is 19.8. The van der Waals surface area contributed by atoms with Crippen LogP contribution in [0.3, 0.4) is 0 Å². The lowest BCUT2D eigenvalue weighted by Crippen LogP contribution is -2.30. The molecule has 0 fully saturated rings. The highest BCUT2D eigenvalue weighted by Crippen LogP contribution is 2.46. The highest BCUT2D eigenvalue weighted by Gasteiger charge is 2.38. The average Bonchev–Trinajstić information content (AvgIpc) is 3.16. The van der Waals surface area contributed by atoms with Crippen molar-refractivity contribution < 1.29 is 28.6 Å². The van der Waals surface area contributed by atoms with Gasteiger partial charge in [0.2, 0.25) is 0 Å². The zero-order valence-corrected chi connectivity index (χ0v) is 37.4. The van der Waals surface area contributed by atoms with Gasteiger partial charge in [0, 0.05) is 59.4 Å². The van der Waals surface area contributed by atoms with E-state index in [0.29, 0.717) is 36.4 Å². The third-order valence-electron chi connectivity index (χ3n) is 10.8. The number of rotatable bonds is 12. The summed E-state index contributed by atoms with van der Waals surface area (Å²) in [5, 5.41) is 61.1. The predicted octanol–water partition coefficient (Wildman–Crippen LogP) is 6.17. The van der Waals surface area contributed by atoms with Crippen LogP contribution in [-0.4, -0.2) is 94.7 Å². The summed E-state index contributed by atoms with van der Waals surface area (Å²) < 4.78 is 16.9. The molecule has 0 N–H and O–H groups in total. The molecule has 0 heterocycles. The van der Waals surface area contributed by atoms with Gasteiger partial charge in [0.25, 0.3) is 0 Å². The molecule has 0 aromatic carbocycles. The molecule has 0 unspecified atom stereocenters. The van der Waals surface area contributed by atoms with Crippen LogP contribution in [0.5, 0.6) is 0 Å². The smallest absolute Gasteiger partial charge is 0.349 e. The Balaban J connectivity index is 2.07. The van der Waals surface area contributed by atoms with Gasteiger partial charge in [-0.15, -0.1) is 0 Å². The van der Waals surface area contributed by atoms with Crippen LogP contribution in [0.15, 0.2) is 67.2 Å². The number of carbonyl (C=O) groups excluding carboxylic acids is 3. The van der Waals surface area contributed by atoms with Gasteiger partial charge in [-0.3, -0.25) is 0 Å². The molecule has 0 radical (unpaired) electrons. The molecule has 15 heteroatoms. The lowest BCUT2D eigenvalue weighted by atomic mass is 9.72. The maximum atomic E-state index is 13.7. The molecule has 3 aliphatic carbocycles. The molecule has 0 aliphatic heterocycles. The standard InChI is InChI=1S/C46H55N9O6/c1-44(2)13-29(32(19-47)38(16-44)53(7)8)35(22-50)41(56)59-25-28(26-60-42(57)36(23-51)30-14-45(3,4)17-39(54(9)10)33(30)20-48)27-61-43(58)37(24-52)31-15-46(5,6)18-40(55(11)12)34(31)21-49/h28H,13-18,25-27H2,1-12H3/b35-29+,36-30+,37-31+. The number of allylic oxidation sites excluding steroid dienone is 9. The van der Waals surface area contributed by atoms with E-state index in [0.717, 1.165) is 0 Å². The fraction of sp³-hybridized carbons (Fsp3) is 0.543. The average molecular weight is 830 g/mol. The van der Waals surface area contributed by atoms with Crippen molar-refractivity contribution in [3.05, 3.63) is 67.2 Å². The molecule has 0 aromatic heterocycles. The summed E-state index contributed by atoms with van der Waals surface area (Å²) in [6, 6.07) is 12.2. The maximum Gasteiger partial charge on any atom is 0.349 e. The third-order valence-corrected chi connectivity index (χ3v) is 10.8. The summed E-state index contributed by atoms with van der Waals surface area (Å²) in [5.74, 6) is -4.27. The van der Waals surface area contributed by atoms with E-state index in [4.69, 9.17) is 14.2 Å². The first kappa shape index (κ1) is 48.6. The van der Waals surface area contributed by atoms with Crippen molar-refractivity contribution in [3.63, 3.8) is 0 Å². The van der Waals surface area contributed by atoms with Gasteiger partial charge in [0.15, 0.2) is 0 Å². The van der Waals surface area contributed by atoms with Crippen molar-refractivity contribution in [2.45, 2.75) is 80.1 Å². The first-order valence-corrected chi connectivity index (χ1v) is 19.8. The van der Waals surface area contributed by atoms with E-state index in [1.165, 1.54) is 0 Å². The molecule has 0 amide bonds. The SMILES string of the molecule is CN(C)C1=C(C#N)/C(=C(\C#N)C(=O)OCC(COC(=O)/C(C#N)=C2\CC(C)(C)CC(N(C)C)=C2C#N)COC(=O)/C(C#N)=C2\CC(C)(C)CC(N(C)C)=C2C#N)CC(C)(C)C1. The summed E-state index contributed by atoms with van der Waals surface area (Å²) in [5.41, 5.74) is 0.806. The summed E-state index contributed by atoms with van der Waals surface area (Å²) >= 11 is 0. The van der Waals surface area contributed by atoms with Gasteiger partial charge >= 0.3 is 17.9 Å². The second kappa shape index (κ2) is 19.5. The second-order valence-corrected chi connectivity index (χ2v) is 18.6. The Bertz CT molecular complexity index is 2050. The minimum Gasteiger partial charge on any atom is -0.461 e. The van der Waals surface area contributed by atoms with Crippen LogP contribution in [0.25, 0.3) is 0 Å². The lowest BCUT2D eigenvalue weighted by Gasteiger charge is -2.36. The van der Waals surface area contributed by atoms with E-state index in [1.807, 2.05) is 59.8 Å². The summed E-state index contributed by atoms with van der Waals surface area (Å²) in [7, 11) is 10.6. The Morgan fingerprint density at radius 2 is 0.705 bits per heavy atom. The number of hydrogen-bond acceptors (Lipinski definition) is 15. The van der Waals surface area contributed by atoms with Crippen LogP contribution in [0, 0.1) is 90.1 Å². The molecule has 61 heavy (non-hydrogen) atoms. The van der Waals surface area contributed by atoms with Gasteiger partial charge in [0.05, 0.1) is 22.6 Å². The zero-order chi connectivity index (χ0) is 46.2. The Morgan fingerprint density at radius 1 is 0.475 bits per heavy atom. The summed E-state index contributed by atoms with van der Waals surface area (Å²) in [6.07, 6.45) is 2.29. The molecule has 0 saturated carbocycles. The van der Waals surface area contributed by atoms with E-state index >= 15 is 0 Å². The van der Waals surface area contributed by atoms with Gasteiger partial charge in [0.1, 0.15) is 73.0 Å². The third kappa shape index (κ3) is 11.5. The number of carbonyl (C=O) groups is 3. The van der Waals surface area contributed by atoms with Crippen LogP contribution >= 0.6 is 0 Å². The van der Waals surface area contributed by atoms with Crippen molar-refractivity contribution in [2.75, 3.05) is 62.1 Å². The predicted molar refractivity (Wildman–Crippen MR) is 222 cm³/mol. The molecule has 0 bridgehead atoms. The molecule has 320 valence electrons. The minimum absolute atomic E-state index is 0.189. The zero-order valence-electron chi connectivity index (χ0n) is 37.4. The van der Waals surface area contributed by atoms with Gasteiger partial charge < -0.3 is 28.9 Å². The van der Waals surface area contributed by atoms with E-state index in [-0.39, 0.29) is 69.4 Å². The molecule has 15 nitrogen and oxygen atoms in total. The van der Waals surface area contributed by atoms with E-state index < -0.39 is 59.9 Å². The van der Waals surface area contributed by atoms with Gasteiger partial charge in [-0.1, -0.05) is 41.5 Å². The Labute approximate surface area is 359 Å². The van der Waals surface area contributed by atoms with Crippen molar-refractivity contribution >= 4 is 17.9 Å². The van der Waals surface area contributed by atoms with Crippen molar-refractivity contribution in [2.24, 2.45) is 22.2 Å². The molecule has 0 spiro atoms. The Kier molecular flexibility index (Phi) is 15.5. The van der Waals surface area contributed by atoms with Crippen molar-refractivity contribution in [1.29, 1.82) is 31.6 Å². The highest BCUT2D eigenvalue weighted by molar-refractivity contribution is 5.96. The van der Waals surface area contributed by atoms with E-state index in [9.17, 15) is 46.0 Å². The molecular weight excluding hydrogens is 775 g/mol. The van der Waals surface area contributed by atoms with Gasteiger partial charge in [-0.2, -0.15) is 31.6 Å². The topological polar surface area (TPSA) is 231 Å². The number of nitrogens with zero attached hydrogens (tertiary/aromatic N) is 9. The number of ether oxygens (including phenoxy) is 3. The Morgan fingerprint density at radius 3 is 0.885 bits per heavy atom. The minimum atomic E-state index is -1.10. The molecule has 3 rings (SSSR count). The second-order valence-electron chi connectivity index (χ2n) is 18.6. The molecule has 0 aromatic rings. The maximum absolute atomic E-state index is 13.7. The van der Waals surface area contributed by atoms with Gasteiger partial charge in [-0.25, -0.2) is 14.4 Å². The lowest BCUT2D eigenvalue weighted by molar-refractivity contribution is -0.148.